The van der Waals surface area contributed by atoms with Gasteiger partial charge in [-0.2, -0.15) is 0 Å². The highest BCUT2D eigenvalue weighted by Gasteiger charge is 2.27. The smallest absolute Gasteiger partial charge is 0.130 e. The van der Waals surface area contributed by atoms with Crippen LogP contribution in [0.15, 0.2) is 22.7 Å². The molecular formula is C11H12BrFO2. The monoisotopic (exact) mass is 274 g/mol. The average molecular weight is 275 g/mol. The molecule has 2 rings (SSSR count). The molecule has 1 heterocycles. The minimum absolute atomic E-state index is 0.0145. The second kappa shape index (κ2) is 4.60. The molecular weight excluding hydrogens is 263 g/mol. The van der Waals surface area contributed by atoms with Crippen LogP contribution in [-0.4, -0.2) is 18.3 Å². The van der Waals surface area contributed by atoms with Crippen LogP contribution in [0.1, 0.15) is 18.1 Å². The maximum absolute atomic E-state index is 13.5. The summed E-state index contributed by atoms with van der Waals surface area (Å²) in [5.41, 5.74) is 0.355. The number of aliphatic hydroxyl groups is 1. The molecule has 1 saturated heterocycles. The Balaban J connectivity index is 2.20. The zero-order valence-corrected chi connectivity index (χ0v) is 9.71. The number of halogens is 2. The van der Waals surface area contributed by atoms with Crippen LogP contribution in [0.2, 0.25) is 0 Å². The van der Waals surface area contributed by atoms with Crippen LogP contribution in [0.5, 0.6) is 0 Å². The van der Waals surface area contributed by atoms with Crippen LogP contribution in [0.4, 0.5) is 4.39 Å². The van der Waals surface area contributed by atoms with Gasteiger partial charge in [-0.05, 0) is 18.6 Å². The minimum atomic E-state index is -0.763. The lowest BCUT2D eigenvalue weighted by molar-refractivity contribution is 0.0889. The molecule has 2 nitrogen and oxygen atoms in total. The standard InChI is InChI=1S/C11H12BrFO2/c12-8-1-2-9(10(13)5-8)11(14)7-3-4-15-6-7/h1-2,5,7,11,14H,3-4,6H2. The number of hydrogen-bond acceptors (Lipinski definition) is 2. The van der Waals surface area contributed by atoms with Crippen LogP contribution >= 0.6 is 15.9 Å². The maximum atomic E-state index is 13.5. The van der Waals surface area contributed by atoms with E-state index in [4.69, 9.17) is 4.74 Å². The van der Waals surface area contributed by atoms with E-state index < -0.39 is 6.10 Å². The number of benzene rings is 1. The molecule has 1 aliphatic heterocycles. The SMILES string of the molecule is OC(c1ccc(Br)cc1F)C1CCOC1. The van der Waals surface area contributed by atoms with Gasteiger partial charge < -0.3 is 9.84 Å². The molecule has 1 aliphatic rings. The molecule has 1 aromatic carbocycles. The molecule has 15 heavy (non-hydrogen) atoms. The normalized spacial score (nSPS) is 23.0. The predicted molar refractivity (Wildman–Crippen MR) is 58.0 cm³/mol. The fraction of sp³-hybridized carbons (Fsp3) is 0.455. The lowest BCUT2D eigenvalue weighted by atomic mass is 9.95. The maximum Gasteiger partial charge on any atom is 0.130 e. The molecule has 0 amide bonds. The molecule has 0 radical (unpaired) electrons. The lowest BCUT2D eigenvalue weighted by Crippen LogP contribution is -2.13. The second-order valence-corrected chi connectivity index (χ2v) is 4.65. The fourth-order valence-corrected chi connectivity index (χ4v) is 2.13. The summed E-state index contributed by atoms with van der Waals surface area (Å²) in [6, 6.07) is 4.72. The van der Waals surface area contributed by atoms with Crippen LogP contribution < -0.4 is 0 Å². The third kappa shape index (κ3) is 2.38. The van der Waals surface area contributed by atoms with Crippen molar-refractivity contribution in [1.82, 2.24) is 0 Å². The van der Waals surface area contributed by atoms with E-state index in [1.165, 1.54) is 6.07 Å². The van der Waals surface area contributed by atoms with Gasteiger partial charge in [0.25, 0.3) is 0 Å². The van der Waals surface area contributed by atoms with Crippen molar-refractivity contribution in [3.63, 3.8) is 0 Å². The molecule has 1 aromatic rings. The summed E-state index contributed by atoms with van der Waals surface area (Å²) in [5.74, 6) is -0.357. The molecule has 2 unspecified atom stereocenters. The molecule has 0 bridgehead atoms. The van der Waals surface area contributed by atoms with E-state index in [2.05, 4.69) is 15.9 Å². The molecule has 0 saturated carbocycles. The summed E-state index contributed by atoms with van der Waals surface area (Å²) in [4.78, 5) is 0. The first-order chi connectivity index (χ1) is 7.18. The quantitative estimate of drug-likeness (QED) is 0.899. The highest BCUT2D eigenvalue weighted by atomic mass is 79.9. The molecule has 82 valence electrons. The van der Waals surface area contributed by atoms with Gasteiger partial charge in [0.1, 0.15) is 5.82 Å². The number of rotatable bonds is 2. The van der Waals surface area contributed by atoms with Crippen LogP contribution in [0, 0.1) is 11.7 Å². The highest BCUT2D eigenvalue weighted by molar-refractivity contribution is 9.10. The third-order valence-electron chi connectivity index (χ3n) is 2.69. The van der Waals surface area contributed by atoms with E-state index in [1.54, 1.807) is 12.1 Å². The van der Waals surface area contributed by atoms with Gasteiger partial charge in [-0.1, -0.05) is 22.0 Å². The first kappa shape index (κ1) is 11.0. The van der Waals surface area contributed by atoms with Gasteiger partial charge in [0, 0.05) is 22.6 Å². The van der Waals surface area contributed by atoms with Crippen LogP contribution in [0.25, 0.3) is 0 Å². The van der Waals surface area contributed by atoms with Crippen molar-refractivity contribution in [2.45, 2.75) is 12.5 Å². The van der Waals surface area contributed by atoms with Gasteiger partial charge in [-0.15, -0.1) is 0 Å². The summed E-state index contributed by atoms with van der Waals surface area (Å²) in [6.45, 7) is 1.16. The molecule has 4 heteroatoms. The van der Waals surface area contributed by atoms with E-state index in [-0.39, 0.29) is 11.7 Å². The average Bonchev–Trinajstić information content (AvgIpc) is 2.69. The van der Waals surface area contributed by atoms with E-state index in [9.17, 15) is 9.50 Å². The van der Waals surface area contributed by atoms with Gasteiger partial charge >= 0.3 is 0 Å². The Morgan fingerprint density at radius 3 is 2.93 bits per heavy atom. The summed E-state index contributed by atoms with van der Waals surface area (Å²) in [6.07, 6.45) is 0.0250. The summed E-state index contributed by atoms with van der Waals surface area (Å²) >= 11 is 3.18. The molecule has 0 spiro atoms. The van der Waals surface area contributed by atoms with E-state index >= 15 is 0 Å². The third-order valence-corrected chi connectivity index (χ3v) is 3.19. The van der Waals surface area contributed by atoms with Crippen LogP contribution in [0.3, 0.4) is 0 Å². The van der Waals surface area contributed by atoms with Crippen molar-refractivity contribution in [3.8, 4) is 0 Å². The van der Waals surface area contributed by atoms with Crippen molar-refractivity contribution >= 4 is 15.9 Å². The molecule has 0 aliphatic carbocycles. The zero-order chi connectivity index (χ0) is 10.8. The van der Waals surface area contributed by atoms with Crippen molar-refractivity contribution < 1.29 is 14.2 Å². The van der Waals surface area contributed by atoms with Crippen molar-refractivity contribution in [3.05, 3.63) is 34.1 Å². The minimum Gasteiger partial charge on any atom is -0.388 e. The second-order valence-electron chi connectivity index (χ2n) is 3.73. The summed E-state index contributed by atoms with van der Waals surface area (Å²) in [5, 5.41) is 9.96. The van der Waals surface area contributed by atoms with Gasteiger partial charge in [0.15, 0.2) is 0 Å². The molecule has 2 atom stereocenters. The predicted octanol–water partition coefficient (Wildman–Crippen LogP) is 2.66. The van der Waals surface area contributed by atoms with Gasteiger partial charge in [-0.25, -0.2) is 4.39 Å². The Kier molecular flexibility index (Phi) is 3.38. The number of aliphatic hydroxyl groups excluding tert-OH is 1. The van der Waals surface area contributed by atoms with Gasteiger partial charge in [-0.3, -0.25) is 0 Å². The van der Waals surface area contributed by atoms with E-state index in [1.807, 2.05) is 0 Å². The Labute approximate surface area is 96.2 Å². The Morgan fingerprint density at radius 2 is 2.33 bits per heavy atom. The Bertz CT molecular complexity index is 350. The first-order valence-corrected chi connectivity index (χ1v) is 5.68. The van der Waals surface area contributed by atoms with Crippen molar-refractivity contribution in [1.29, 1.82) is 0 Å². The van der Waals surface area contributed by atoms with Crippen LogP contribution in [-0.2, 0) is 4.74 Å². The Hall–Kier alpha value is -0.450. The zero-order valence-electron chi connectivity index (χ0n) is 8.12. The first-order valence-electron chi connectivity index (χ1n) is 4.89. The number of hydrogen-bond donors (Lipinski definition) is 1. The molecule has 1 N–H and O–H groups in total. The fourth-order valence-electron chi connectivity index (χ4n) is 1.80. The van der Waals surface area contributed by atoms with Crippen molar-refractivity contribution in [2.75, 3.05) is 13.2 Å². The van der Waals surface area contributed by atoms with E-state index in [0.29, 0.717) is 23.2 Å². The summed E-state index contributed by atoms with van der Waals surface area (Å²) in [7, 11) is 0. The molecule has 0 aromatic heterocycles. The number of ether oxygens (including phenoxy) is 1. The van der Waals surface area contributed by atoms with Gasteiger partial charge in [0.05, 0.1) is 12.7 Å². The topological polar surface area (TPSA) is 29.5 Å². The Morgan fingerprint density at radius 1 is 1.53 bits per heavy atom. The largest absolute Gasteiger partial charge is 0.388 e. The van der Waals surface area contributed by atoms with Gasteiger partial charge in [0.2, 0.25) is 0 Å². The van der Waals surface area contributed by atoms with E-state index in [0.717, 1.165) is 6.42 Å². The highest BCUT2D eigenvalue weighted by Crippen LogP contribution is 2.31. The van der Waals surface area contributed by atoms with Crippen molar-refractivity contribution in [2.24, 2.45) is 5.92 Å². The lowest BCUT2D eigenvalue weighted by Gasteiger charge is -2.17. The summed E-state index contributed by atoms with van der Waals surface area (Å²) < 4.78 is 19.4. The molecule has 1 fully saturated rings.